The van der Waals surface area contributed by atoms with Crippen LogP contribution in [0.15, 0.2) is 72.8 Å². The Kier molecular flexibility index (Phi) is 6.08. The van der Waals surface area contributed by atoms with E-state index in [2.05, 4.69) is 5.32 Å². The Hall–Kier alpha value is -3.82. The van der Waals surface area contributed by atoms with Gasteiger partial charge in [0.05, 0.1) is 16.9 Å². The molecule has 0 spiro atoms. The standard InChI is InChI=1S/C24H21N3O5S/c25-33(31,32)15-17-7-4-8-19(13-17)26-22(28)18-9-10-20-21(14-18)24(30)27(23(20)29)12-11-16-5-2-1-3-6-16/h1-10,13-14H,11-12,15H2,(H,26,28)(H2,25,31,32). The molecule has 3 N–H and O–H groups in total. The molecule has 1 aliphatic rings. The van der Waals surface area contributed by atoms with Crippen molar-refractivity contribution in [2.24, 2.45) is 5.14 Å². The summed E-state index contributed by atoms with van der Waals surface area (Å²) in [4.78, 5) is 39.5. The minimum Gasteiger partial charge on any atom is -0.322 e. The lowest BCUT2D eigenvalue weighted by atomic mass is 10.1. The summed E-state index contributed by atoms with van der Waals surface area (Å²) < 4.78 is 22.6. The molecule has 1 heterocycles. The number of nitrogens with two attached hydrogens (primary N) is 1. The average Bonchev–Trinajstić information content (AvgIpc) is 3.01. The number of carbonyl (C=O) groups excluding carboxylic acids is 3. The molecule has 3 amide bonds. The smallest absolute Gasteiger partial charge is 0.261 e. The number of amides is 3. The molecule has 9 heteroatoms. The number of primary sulfonamides is 1. The van der Waals surface area contributed by atoms with Crippen LogP contribution >= 0.6 is 0 Å². The number of nitrogens with zero attached hydrogens (tertiary/aromatic N) is 1. The summed E-state index contributed by atoms with van der Waals surface area (Å²) in [5.41, 5.74) is 2.48. The van der Waals surface area contributed by atoms with Crippen LogP contribution in [0, 0.1) is 0 Å². The van der Waals surface area contributed by atoms with Gasteiger partial charge >= 0.3 is 0 Å². The number of rotatable bonds is 7. The van der Waals surface area contributed by atoms with Crippen molar-refractivity contribution in [3.63, 3.8) is 0 Å². The van der Waals surface area contributed by atoms with Crippen LogP contribution in [0.3, 0.4) is 0 Å². The number of hydrogen-bond donors (Lipinski definition) is 2. The highest BCUT2D eigenvalue weighted by atomic mass is 32.2. The first-order chi connectivity index (χ1) is 15.7. The monoisotopic (exact) mass is 463 g/mol. The third kappa shape index (κ3) is 5.16. The van der Waals surface area contributed by atoms with E-state index in [1.807, 2.05) is 30.3 Å². The van der Waals surface area contributed by atoms with Gasteiger partial charge in [0.25, 0.3) is 17.7 Å². The molecule has 0 aromatic heterocycles. The molecule has 168 valence electrons. The van der Waals surface area contributed by atoms with Crippen LogP contribution < -0.4 is 10.5 Å². The van der Waals surface area contributed by atoms with Crippen LogP contribution in [0.1, 0.15) is 42.2 Å². The van der Waals surface area contributed by atoms with Crippen LogP contribution in [0.5, 0.6) is 0 Å². The van der Waals surface area contributed by atoms with Gasteiger partial charge in [-0.15, -0.1) is 0 Å². The van der Waals surface area contributed by atoms with Gasteiger partial charge in [-0.3, -0.25) is 19.3 Å². The van der Waals surface area contributed by atoms with E-state index in [0.29, 0.717) is 17.7 Å². The molecule has 33 heavy (non-hydrogen) atoms. The molecule has 0 unspecified atom stereocenters. The van der Waals surface area contributed by atoms with Crippen LogP contribution in [-0.4, -0.2) is 37.6 Å². The fourth-order valence-corrected chi connectivity index (χ4v) is 4.34. The number of benzene rings is 3. The summed E-state index contributed by atoms with van der Waals surface area (Å²) in [5, 5.41) is 7.75. The van der Waals surface area contributed by atoms with Crippen molar-refractivity contribution in [1.29, 1.82) is 0 Å². The number of sulfonamides is 1. The lowest BCUT2D eigenvalue weighted by molar-refractivity contribution is 0.0656. The Bertz CT molecular complexity index is 1350. The Balaban J connectivity index is 1.48. The summed E-state index contributed by atoms with van der Waals surface area (Å²) in [5.74, 6) is -1.66. The molecule has 3 aromatic carbocycles. The minimum atomic E-state index is -3.71. The summed E-state index contributed by atoms with van der Waals surface area (Å²) in [6, 6.07) is 20.2. The SMILES string of the molecule is NS(=O)(=O)Cc1cccc(NC(=O)c2ccc3c(c2)C(=O)N(CCc2ccccc2)C3=O)c1. The van der Waals surface area contributed by atoms with Crippen molar-refractivity contribution in [2.45, 2.75) is 12.2 Å². The fraction of sp³-hybridized carbons (Fsp3) is 0.125. The van der Waals surface area contributed by atoms with Gasteiger partial charge in [0.2, 0.25) is 10.0 Å². The van der Waals surface area contributed by atoms with E-state index in [4.69, 9.17) is 5.14 Å². The van der Waals surface area contributed by atoms with Crippen LogP contribution in [0.25, 0.3) is 0 Å². The molecule has 1 aliphatic heterocycles. The van der Waals surface area contributed by atoms with Crippen LogP contribution in [0.4, 0.5) is 5.69 Å². The van der Waals surface area contributed by atoms with Gasteiger partial charge in [0.1, 0.15) is 0 Å². The van der Waals surface area contributed by atoms with Gasteiger partial charge in [0.15, 0.2) is 0 Å². The highest BCUT2D eigenvalue weighted by Crippen LogP contribution is 2.25. The topological polar surface area (TPSA) is 127 Å². The lowest BCUT2D eigenvalue weighted by Crippen LogP contribution is -2.31. The van der Waals surface area contributed by atoms with E-state index in [9.17, 15) is 22.8 Å². The summed E-state index contributed by atoms with van der Waals surface area (Å²) in [6.07, 6.45) is 0.536. The lowest BCUT2D eigenvalue weighted by Gasteiger charge is -2.13. The Labute approximate surface area is 191 Å². The Morgan fingerprint density at radius 1 is 0.848 bits per heavy atom. The molecular formula is C24H21N3O5S. The molecule has 0 aliphatic carbocycles. The number of carbonyl (C=O) groups is 3. The van der Waals surface area contributed by atoms with E-state index in [-0.39, 0.29) is 34.9 Å². The third-order valence-electron chi connectivity index (χ3n) is 5.25. The Morgan fingerprint density at radius 3 is 2.27 bits per heavy atom. The second-order valence-corrected chi connectivity index (χ2v) is 9.33. The van der Waals surface area contributed by atoms with Crippen molar-refractivity contribution in [2.75, 3.05) is 11.9 Å². The quantitative estimate of drug-likeness (QED) is 0.521. The summed E-state index contributed by atoms with van der Waals surface area (Å²) >= 11 is 0. The number of hydrogen-bond acceptors (Lipinski definition) is 5. The zero-order chi connectivity index (χ0) is 23.6. The zero-order valence-corrected chi connectivity index (χ0v) is 18.3. The van der Waals surface area contributed by atoms with E-state index in [1.165, 1.54) is 29.2 Å². The Morgan fingerprint density at radius 2 is 1.55 bits per heavy atom. The zero-order valence-electron chi connectivity index (χ0n) is 17.5. The van der Waals surface area contributed by atoms with Crippen LogP contribution in [0.2, 0.25) is 0 Å². The van der Waals surface area contributed by atoms with Crippen LogP contribution in [-0.2, 0) is 22.2 Å². The molecule has 0 fully saturated rings. The van der Waals surface area contributed by atoms with E-state index in [1.54, 1.807) is 18.2 Å². The van der Waals surface area contributed by atoms with Gasteiger partial charge < -0.3 is 5.32 Å². The largest absolute Gasteiger partial charge is 0.322 e. The second-order valence-electron chi connectivity index (χ2n) is 7.72. The fourth-order valence-electron chi connectivity index (χ4n) is 3.70. The van der Waals surface area contributed by atoms with Gasteiger partial charge in [-0.1, -0.05) is 42.5 Å². The first-order valence-corrected chi connectivity index (χ1v) is 11.9. The molecule has 0 atom stereocenters. The number of imide groups is 1. The first kappa shape index (κ1) is 22.4. The molecule has 8 nitrogen and oxygen atoms in total. The van der Waals surface area contributed by atoms with Gasteiger partial charge in [0, 0.05) is 17.8 Å². The molecule has 4 rings (SSSR count). The predicted molar refractivity (Wildman–Crippen MR) is 123 cm³/mol. The van der Waals surface area contributed by atoms with Crippen molar-refractivity contribution in [1.82, 2.24) is 4.90 Å². The maximum absolute atomic E-state index is 12.8. The molecule has 0 radical (unpaired) electrons. The molecule has 0 bridgehead atoms. The third-order valence-corrected chi connectivity index (χ3v) is 5.99. The van der Waals surface area contributed by atoms with E-state index in [0.717, 1.165) is 5.56 Å². The van der Waals surface area contributed by atoms with Crippen molar-refractivity contribution in [3.8, 4) is 0 Å². The second kappa shape index (κ2) is 8.97. The van der Waals surface area contributed by atoms with E-state index < -0.39 is 21.8 Å². The number of nitrogens with one attached hydrogen (secondary N) is 1. The summed E-state index contributed by atoms with van der Waals surface area (Å²) in [7, 11) is -3.71. The predicted octanol–water partition coefficient (Wildman–Crippen LogP) is 2.57. The normalized spacial score (nSPS) is 13.2. The molecule has 3 aromatic rings. The van der Waals surface area contributed by atoms with Gasteiger partial charge in [-0.2, -0.15) is 0 Å². The molecule has 0 saturated carbocycles. The molecule has 0 saturated heterocycles. The van der Waals surface area contributed by atoms with Gasteiger partial charge in [-0.25, -0.2) is 13.6 Å². The average molecular weight is 464 g/mol. The number of anilines is 1. The number of fused-ring (bicyclic) bond motifs is 1. The maximum Gasteiger partial charge on any atom is 0.261 e. The van der Waals surface area contributed by atoms with Crippen molar-refractivity contribution in [3.05, 3.63) is 101 Å². The molecular weight excluding hydrogens is 442 g/mol. The highest BCUT2D eigenvalue weighted by Gasteiger charge is 2.35. The van der Waals surface area contributed by atoms with Gasteiger partial charge in [-0.05, 0) is 47.9 Å². The summed E-state index contributed by atoms with van der Waals surface area (Å²) in [6.45, 7) is 0.245. The van der Waals surface area contributed by atoms with Crippen molar-refractivity contribution >= 4 is 33.4 Å². The van der Waals surface area contributed by atoms with Crippen molar-refractivity contribution < 1.29 is 22.8 Å². The maximum atomic E-state index is 12.8. The first-order valence-electron chi connectivity index (χ1n) is 10.2. The highest BCUT2D eigenvalue weighted by molar-refractivity contribution is 7.88. The minimum absolute atomic E-state index is 0.184. The van der Waals surface area contributed by atoms with E-state index >= 15 is 0 Å².